The summed E-state index contributed by atoms with van der Waals surface area (Å²) in [6.45, 7) is 5.42. The number of aryl methyl sites for hydroxylation is 1. The first-order valence-corrected chi connectivity index (χ1v) is 10.2. The lowest BCUT2D eigenvalue weighted by Crippen LogP contribution is -2.44. The molecule has 156 valence electrons. The van der Waals surface area contributed by atoms with Crippen molar-refractivity contribution in [1.82, 2.24) is 9.88 Å². The molecule has 29 heavy (non-hydrogen) atoms. The zero-order valence-corrected chi connectivity index (χ0v) is 17.2. The third kappa shape index (κ3) is 4.44. The monoisotopic (exact) mass is 400 g/mol. The van der Waals surface area contributed by atoms with E-state index >= 15 is 0 Å². The van der Waals surface area contributed by atoms with Gasteiger partial charge in [-0.05, 0) is 51.3 Å². The topological polar surface area (TPSA) is 92.6 Å². The zero-order chi connectivity index (χ0) is 21.0. The summed E-state index contributed by atoms with van der Waals surface area (Å²) in [6.07, 6.45) is 6.43. The zero-order valence-electron chi connectivity index (χ0n) is 17.2. The Bertz CT molecular complexity index is 875. The molecule has 2 aromatic heterocycles. The number of rotatable bonds is 7. The number of hydrogen-bond acceptors (Lipinski definition) is 5. The molecule has 0 aromatic carbocycles. The second-order valence-electron chi connectivity index (χ2n) is 7.47. The lowest BCUT2D eigenvalue weighted by atomic mass is 9.93. The van der Waals surface area contributed by atoms with E-state index in [1.54, 1.807) is 37.8 Å². The smallest absolute Gasteiger partial charge is 0.355 e. The predicted molar refractivity (Wildman–Crippen MR) is 107 cm³/mol. The van der Waals surface area contributed by atoms with Gasteiger partial charge >= 0.3 is 5.97 Å². The maximum atomic E-state index is 13.2. The molecular weight excluding hydrogens is 372 g/mol. The van der Waals surface area contributed by atoms with Crippen molar-refractivity contribution in [3.05, 3.63) is 46.7 Å². The molecule has 7 nitrogen and oxygen atoms in total. The van der Waals surface area contributed by atoms with Gasteiger partial charge in [0.05, 0.1) is 19.4 Å². The van der Waals surface area contributed by atoms with Gasteiger partial charge in [0.2, 0.25) is 0 Å². The van der Waals surface area contributed by atoms with E-state index < -0.39 is 5.97 Å². The SMILES string of the molecule is CCOC(=O)c1[nH]c(C)c(C(=O)CN(C(=O)c2ccco2)C2CCCCC2)c1C. The van der Waals surface area contributed by atoms with Crippen LogP contribution in [0.25, 0.3) is 0 Å². The fourth-order valence-electron chi connectivity index (χ4n) is 4.11. The van der Waals surface area contributed by atoms with Gasteiger partial charge in [0, 0.05) is 17.3 Å². The number of ketones is 1. The van der Waals surface area contributed by atoms with E-state index in [-0.39, 0.29) is 42.3 Å². The van der Waals surface area contributed by atoms with Crippen molar-refractivity contribution >= 4 is 17.7 Å². The third-order valence-corrected chi connectivity index (χ3v) is 5.52. The minimum Gasteiger partial charge on any atom is -0.461 e. The van der Waals surface area contributed by atoms with Gasteiger partial charge in [0.15, 0.2) is 11.5 Å². The van der Waals surface area contributed by atoms with E-state index in [4.69, 9.17) is 9.15 Å². The number of aromatic amines is 1. The molecule has 1 amide bonds. The Balaban J connectivity index is 1.87. The summed E-state index contributed by atoms with van der Waals surface area (Å²) >= 11 is 0. The van der Waals surface area contributed by atoms with Gasteiger partial charge in [0.1, 0.15) is 5.69 Å². The van der Waals surface area contributed by atoms with E-state index in [2.05, 4.69) is 4.98 Å². The molecule has 2 heterocycles. The summed E-state index contributed by atoms with van der Waals surface area (Å²) < 4.78 is 10.4. The first kappa shape index (κ1) is 20.9. The molecule has 0 unspecified atom stereocenters. The maximum absolute atomic E-state index is 13.2. The van der Waals surface area contributed by atoms with Gasteiger partial charge in [0.25, 0.3) is 5.91 Å². The van der Waals surface area contributed by atoms with Crippen LogP contribution in [0.4, 0.5) is 0 Å². The number of nitrogens with zero attached hydrogens (tertiary/aromatic N) is 1. The minimum atomic E-state index is -0.483. The first-order valence-electron chi connectivity index (χ1n) is 10.2. The minimum absolute atomic E-state index is 0.00869. The van der Waals surface area contributed by atoms with Crippen molar-refractivity contribution in [2.24, 2.45) is 0 Å². The summed E-state index contributed by atoms with van der Waals surface area (Å²) in [7, 11) is 0. The van der Waals surface area contributed by atoms with Crippen LogP contribution < -0.4 is 0 Å². The van der Waals surface area contributed by atoms with Crippen LogP contribution in [0.1, 0.15) is 81.7 Å². The van der Waals surface area contributed by atoms with E-state index in [1.807, 2.05) is 0 Å². The van der Waals surface area contributed by atoms with E-state index in [0.29, 0.717) is 16.8 Å². The van der Waals surface area contributed by atoms with Gasteiger partial charge in [-0.3, -0.25) is 9.59 Å². The Hall–Kier alpha value is -2.83. The molecule has 0 saturated heterocycles. The van der Waals surface area contributed by atoms with Crippen LogP contribution in [-0.2, 0) is 4.74 Å². The average molecular weight is 400 g/mol. The molecule has 7 heteroatoms. The molecule has 0 aliphatic heterocycles. The number of carbonyl (C=O) groups is 3. The fourth-order valence-corrected chi connectivity index (χ4v) is 4.11. The van der Waals surface area contributed by atoms with Crippen LogP contribution in [0.5, 0.6) is 0 Å². The molecule has 0 spiro atoms. The molecule has 1 saturated carbocycles. The number of aromatic nitrogens is 1. The summed E-state index contributed by atoms with van der Waals surface area (Å²) in [5, 5.41) is 0. The summed E-state index contributed by atoms with van der Waals surface area (Å²) in [5.74, 6) is -0.718. The quantitative estimate of drug-likeness (QED) is 0.559. The Morgan fingerprint density at radius 1 is 1.21 bits per heavy atom. The molecule has 1 aliphatic rings. The maximum Gasteiger partial charge on any atom is 0.355 e. The molecule has 0 radical (unpaired) electrons. The molecule has 1 fully saturated rings. The highest BCUT2D eigenvalue weighted by atomic mass is 16.5. The number of nitrogens with one attached hydrogen (secondary N) is 1. The highest BCUT2D eigenvalue weighted by Gasteiger charge is 2.31. The molecule has 1 aliphatic carbocycles. The molecular formula is C22H28N2O5. The van der Waals surface area contributed by atoms with Gasteiger partial charge in [-0.15, -0.1) is 0 Å². The lowest BCUT2D eigenvalue weighted by Gasteiger charge is -2.33. The summed E-state index contributed by atoms with van der Waals surface area (Å²) in [4.78, 5) is 43.0. The van der Waals surface area contributed by atoms with Crippen LogP contribution in [0.15, 0.2) is 22.8 Å². The van der Waals surface area contributed by atoms with Crippen molar-refractivity contribution < 1.29 is 23.5 Å². The van der Waals surface area contributed by atoms with Gasteiger partial charge in [-0.1, -0.05) is 19.3 Å². The second kappa shape index (κ2) is 9.11. The van der Waals surface area contributed by atoms with Crippen LogP contribution in [0.2, 0.25) is 0 Å². The first-order chi connectivity index (χ1) is 13.9. The molecule has 0 atom stereocenters. The van der Waals surface area contributed by atoms with Crippen molar-refractivity contribution in [3.8, 4) is 0 Å². The van der Waals surface area contributed by atoms with Crippen molar-refractivity contribution in [3.63, 3.8) is 0 Å². The molecule has 2 aromatic rings. The van der Waals surface area contributed by atoms with Gasteiger partial charge in [-0.2, -0.15) is 0 Å². The Labute approximate surface area is 170 Å². The van der Waals surface area contributed by atoms with Crippen molar-refractivity contribution in [1.29, 1.82) is 0 Å². The number of amides is 1. The highest BCUT2D eigenvalue weighted by molar-refractivity contribution is 6.05. The van der Waals surface area contributed by atoms with E-state index in [0.717, 1.165) is 32.1 Å². The third-order valence-electron chi connectivity index (χ3n) is 5.52. The fraction of sp³-hybridized carbons (Fsp3) is 0.500. The number of hydrogen-bond donors (Lipinski definition) is 1. The highest BCUT2D eigenvalue weighted by Crippen LogP contribution is 2.26. The predicted octanol–water partition coefficient (Wildman–Crippen LogP) is 4.06. The van der Waals surface area contributed by atoms with Gasteiger partial charge in [-0.25, -0.2) is 4.79 Å². The van der Waals surface area contributed by atoms with Gasteiger partial charge < -0.3 is 19.0 Å². The number of furan rings is 1. The number of carbonyl (C=O) groups excluding carboxylic acids is 3. The Morgan fingerprint density at radius 3 is 2.55 bits per heavy atom. The van der Waals surface area contributed by atoms with Crippen molar-refractivity contribution in [2.45, 2.75) is 58.9 Å². The van der Waals surface area contributed by atoms with E-state index in [1.165, 1.54) is 6.26 Å². The van der Waals surface area contributed by atoms with E-state index in [9.17, 15) is 14.4 Å². The second-order valence-corrected chi connectivity index (χ2v) is 7.47. The Morgan fingerprint density at radius 2 is 1.93 bits per heavy atom. The number of Topliss-reactive ketones (excluding diaryl/α,β-unsaturated/α-hetero) is 1. The standard InChI is InChI=1S/C22H28N2O5/c1-4-28-22(27)20-14(2)19(15(3)23-20)17(25)13-24(16-9-6-5-7-10-16)21(26)18-11-8-12-29-18/h8,11-12,16,23H,4-7,9-10,13H2,1-3H3. The number of ether oxygens (including phenoxy) is 1. The largest absolute Gasteiger partial charge is 0.461 e. The molecule has 3 rings (SSSR count). The number of esters is 1. The number of H-pyrrole nitrogens is 1. The van der Waals surface area contributed by atoms with Crippen LogP contribution in [0, 0.1) is 13.8 Å². The molecule has 1 N–H and O–H groups in total. The average Bonchev–Trinajstić information content (AvgIpc) is 3.34. The molecule has 0 bridgehead atoms. The normalized spacial score (nSPS) is 14.6. The van der Waals surface area contributed by atoms with Crippen LogP contribution >= 0.6 is 0 Å². The van der Waals surface area contributed by atoms with Crippen LogP contribution in [-0.4, -0.2) is 46.7 Å². The summed E-state index contributed by atoms with van der Waals surface area (Å²) in [6, 6.07) is 3.29. The van der Waals surface area contributed by atoms with Crippen LogP contribution in [0.3, 0.4) is 0 Å². The summed E-state index contributed by atoms with van der Waals surface area (Å²) in [5.41, 5.74) is 1.89. The lowest BCUT2D eigenvalue weighted by molar-refractivity contribution is 0.0518. The Kier molecular flexibility index (Phi) is 6.56. The van der Waals surface area contributed by atoms with Crippen molar-refractivity contribution in [2.75, 3.05) is 13.2 Å².